The van der Waals surface area contributed by atoms with Crippen LogP contribution in [-0.2, 0) is 9.13 Å². The van der Waals surface area contributed by atoms with Gasteiger partial charge in [-0.1, -0.05) is 121 Å². The van der Waals surface area contributed by atoms with E-state index in [9.17, 15) is 0 Å². The van der Waals surface area contributed by atoms with E-state index in [2.05, 4.69) is 146 Å². The van der Waals surface area contributed by atoms with Crippen molar-refractivity contribution in [1.29, 1.82) is 0 Å². The van der Waals surface area contributed by atoms with Crippen LogP contribution in [0.4, 0.5) is 22.7 Å². The Labute approximate surface area is 352 Å². The number of benzene rings is 8. The average molecular weight is 829 g/mol. The zero-order valence-electron chi connectivity index (χ0n) is 35.1. The van der Waals surface area contributed by atoms with Crippen LogP contribution in [0.3, 0.4) is 0 Å². The summed E-state index contributed by atoms with van der Waals surface area (Å²) in [6, 6.07) is 51.1. The minimum Gasteiger partial charge on any atom is -0.297 e. The van der Waals surface area contributed by atoms with Gasteiger partial charge in [-0.3, -0.25) is 27.8 Å². The fourth-order valence-electron chi connectivity index (χ4n) is 9.99. The first kappa shape index (κ1) is 38.6. The van der Waals surface area contributed by atoms with E-state index < -0.39 is 15.2 Å². The fourth-order valence-corrected chi connectivity index (χ4v) is 15.2. The Balaban J connectivity index is 0.965. The van der Waals surface area contributed by atoms with E-state index in [0.29, 0.717) is 13.1 Å². The Morgan fingerprint density at radius 3 is 0.850 bits per heavy atom. The van der Waals surface area contributed by atoms with Gasteiger partial charge in [0.15, 0.2) is 0 Å². The zero-order valence-corrected chi connectivity index (χ0v) is 36.9. The summed E-state index contributed by atoms with van der Waals surface area (Å²) in [7, 11) is 5.14. The van der Waals surface area contributed by atoms with Crippen molar-refractivity contribution in [3.8, 4) is 22.3 Å². The summed E-state index contributed by atoms with van der Waals surface area (Å²) in [6.45, 7) is 1.18. The summed E-state index contributed by atoms with van der Waals surface area (Å²) in [5, 5.41) is 9.17. The Kier molecular flexibility index (Phi) is 9.34. The zero-order chi connectivity index (χ0) is 41.5. The molecule has 0 saturated carbocycles. The molecule has 10 rings (SSSR count). The SMILES string of the molecule is CN(CCCCN(C)P1(=O)N(C)c2ccc3ccccc3c2-c2c(ccc3ccccc23)N1C)P1(=O)N(C)c2ccc3ccccc3c2-c2c(ccc3ccccc23)N1C. The molecule has 302 valence electrons. The Hall–Kier alpha value is -5.62. The maximum Gasteiger partial charge on any atom is 0.334 e. The molecule has 0 amide bonds. The summed E-state index contributed by atoms with van der Waals surface area (Å²) in [5.41, 5.74) is 8.21. The molecule has 8 aromatic carbocycles. The maximum absolute atomic E-state index is 15.9. The lowest BCUT2D eigenvalue weighted by atomic mass is 9.91. The number of rotatable bonds is 7. The normalized spacial score (nSPS) is 15.7. The highest BCUT2D eigenvalue weighted by molar-refractivity contribution is 7.65. The van der Waals surface area contributed by atoms with Crippen molar-refractivity contribution in [2.24, 2.45) is 0 Å². The van der Waals surface area contributed by atoms with E-state index in [-0.39, 0.29) is 0 Å². The van der Waals surface area contributed by atoms with Gasteiger partial charge in [0, 0.05) is 63.5 Å². The minimum absolute atomic E-state index is 0.589. The second kappa shape index (κ2) is 14.5. The quantitative estimate of drug-likeness (QED) is 0.116. The van der Waals surface area contributed by atoms with Crippen molar-refractivity contribution >= 4 is 81.0 Å². The molecule has 0 aromatic heterocycles. The van der Waals surface area contributed by atoms with E-state index in [1.54, 1.807) is 0 Å². The molecule has 10 heteroatoms. The van der Waals surface area contributed by atoms with Gasteiger partial charge >= 0.3 is 15.2 Å². The summed E-state index contributed by atoms with van der Waals surface area (Å²) in [6.07, 6.45) is 1.52. The summed E-state index contributed by atoms with van der Waals surface area (Å²) >= 11 is 0. The molecule has 0 fully saturated rings. The molecule has 0 aliphatic carbocycles. The monoisotopic (exact) mass is 828 g/mol. The molecular weight excluding hydrogens is 779 g/mol. The van der Waals surface area contributed by atoms with E-state index in [0.717, 1.165) is 101 Å². The topological polar surface area (TPSA) is 53.6 Å². The highest BCUT2D eigenvalue weighted by Gasteiger charge is 2.45. The van der Waals surface area contributed by atoms with E-state index in [4.69, 9.17) is 0 Å². The number of hydrogen-bond donors (Lipinski definition) is 0. The third-order valence-corrected chi connectivity index (χ3v) is 19.4. The molecule has 2 aliphatic rings. The molecule has 0 radical (unpaired) electrons. The van der Waals surface area contributed by atoms with Crippen LogP contribution in [0.25, 0.3) is 65.3 Å². The Bertz CT molecular complexity index is 2720. The van der Waals surface area contributed by atoms with Gasteiger partial charge in [-0.2, -0.15) is 0 Å². The number of unbranched alkanes of at least 4 members (excludes halogenated alkanes) is 1. The largest absolute Gasteiger partial charge is 0.334 e. The standard InChI is InChI=1S/C50H50N6O2P2/c1-51(59(57)53(3)43-29-25-35-17-7-11-21-39(35)47(43)48-40-22-12-8-18-36(40)26-30-44(48)54(59)4)33-15-16-34-52(2)60(58)55(5)45-31-27-37-19-9-13-23-41(37)49(45)50-42-24-14-10-20-38(42)28-32-46(50)56(60)6/h7-14,17-32H,15-16,33-34H2,1-6H3. The van der Waals surface area contributed by atoms with Gasteiger partial charge in [0.05, 0.1) is 22.7 Å². The van der Waals surface area contributed by atoms with Gasteiger partial charge in [-0.25, -0.2) is 9.34 Å². The van der Waals surface area contributed by atoms with Crippen molar-refractivity contribution in [3.63, 3.8) is 0 Å². The highest BCUT2D eigenvalue weighted by atomic mass is 31.2. The van der Waals surface area contributed by atoms with Crippen LogP contribution in [0.1, 0.15) is 12.8 Å². The first-order chi connectivity index (χ1) is 29.0. The van der Waals surface area contributed by atoms with Gasteiger partial charge in [0.25, 0.3) is 0 Å². The lowest BCUT2D eigenvalue weighted by Gasteiger charge is -2.42. The van der Waals surface area contributed by atoms with Crippen LogP contribution in [-0.4, -0.2) is 64.7 Å². The minimum atomic E-state index is -3.38. The molecule has 8 nitrogen and oxygen atoms in total. The third kappa shape index (κ3) is 5.58. The smallest absolute Gasteiger partial charge is 0.297 e. The van der Waals surface area contributed by atoms with Gasteiger partial charge in [-0.05, 0) is 94.3 Å². The number of nitrogens with zero attached hydrogens (tertiary/aromatic N) is 6. The average Bonchev–Trinajstić information content (AvgIpc) is 3.41. The van der Waals surface area contributed by atoms with Gasteiger partial charge < -0.3 is 0 Å². The third-order valence-electron chi connectivity index (χ3n) is 13.2. The predicted octanol–water partition coefficient (Wildman–Crippen LogP) is 13.0. The summed E-state index contributed by atoms with van der Waals surface area (Å²) in [5.74, 6) is 0. The molecule has 0 N–H and O–H groups in total. The van der Waals surface area contributed by atoms with Crippen LogP contribution >= 0.6 is 15.2 Å². The van der Waals surface area contributed by atoms with Crippen LogP contribution in [0.5, 0.6) is 0 Å². The molecule has 0 atom stereocenters. The van der Waals surface area contributed by atoms with Gasteiger partial charge in [0.2, 0.25) is 0 Å². The maximum atomic E-state index is 15.9. The van der Waals surface area contributed by atoms with Crippen molar-refractivity contribution in [2.45, 2.75) is 12.8 Å². The molecule has 0 saturated heterocycles. The first-order valence-electron chi connectivity index (χ1n) is 20.7. The second-order valence-corrected chi connectivity index (χ2v) is 22.1. The molecule has 2 heterocycles. The van der Waals surface area contributed by atoms with Gasteiger partial charge in [-0.15, -0.1) is 0 Å². The lowest BCUT2D eigenvalue weighted by Crippen LogP contribution is -2.37. The van der Waals surface area contributed by atoms with E-state index in [1.165, 1.54) is 0 Å². The number of hydrogen-bond acceptors (Lipinski definition) is 2. The number of fused-ring (bicyclic) bond motifs is 14. The van der Waals surface area contributed by atoms with E-state index in [1.807, 2.05) is 70.3 Å². The molecule has 0 unspecified atom stereocenters. The van der Waals surface area contributed by atoms with E-state index >= 15 is 9.13 Å². The molecular formula is C50H50N6O2P2. The highest BCUT2D eigenvalue weighted by Crippen LogP contribution is 2.66. The van der Waals surface area contributed by atoms with Crippen molar-refractivity contribution in [1.82, 2.24) is 9.34 Å². The van der Waals surface area contributed by atoms with Crippen molar-refractivity contribution in [3.05, 3.63) is 146 Å². The van der Waals surface area contributed by atoms with Gasteiger partial charge in [0.1, 0.15) is 0 Å². The Morgan fingerprint density at radius 1 is 0.367 bits per heavy atom. The van der Waals surface area contributed by atoms with Crippen molar-refractivity contribution < 1.29 is 9.13 Å². The molecule has 2 aliphatic heterocycles. The fraction of sp³-hybridized carbons (Fsp3) is 0.200. The van der Waals surface area contributed by atoms with Crippen LogP contribution in [0.15, 0.2) is 146 Å². The second-order valence-electron chi connectivity index (χ2n) is 16.3. The predicted molar refractivity (Wildman–Crippen MR) is 257 cm³/mol. The first-order valence-corrected chi connectivity index (χ1v) is 23.9. The molecule has 0 bridgehead atoms. The van der Waals surface area contributed by atoms with Crippen LogP contribution < -0.4 is 18.7 Å². The lowest BCUT2D eigenvalue weighted by molar-refractivity contribution is 0.417. The van der Waals surface area contributed by atoms with Crippen LogP contribution in [0, 0.1) is 0 Å². The Morgan fingerprint density at radius 2 is 0.600 bits per heavy atom. The summed E-state index contributed by atoms with van der Waals surface area (Å²) in [4.78, 5) is 0. The molecule has 0 spiro atoms. The van der Waals surface area contributed by atoms with Crippen LogP contribution in [0.2, 0.25) is 0 Å². The van der Waals surface area contributed by atoms with Crippen molar-refractivity contribution in [2.75, 3.05) is 74.1 Å². The molecule has 8 aromatic rings. The molecule has 60 heavy (non-hydrogen) atoms. The number of anilines is 4. The summed E-state index contributed by atoms with van der Waals surface area (Å²) < 4.78 is 44.0.